The summed E-state index contributed by atoms with van der Waals surface area (Å²) >= 11 is 0. The van der Waals surface area contributed by atoms with Crippen LogP contribution in [0.15, 0.2) is 11.8 Å². The van der Waals surface area contributed by atoms with Gasteiger partial charge in [0, 0.05) is 38.9 Å². The number of hydrogen-bond acceptors (Lipinski definition) is 5. The van der Waals surface area contributed by atoms with E-state index in [-0.39, 0.29) is 18.5 Å². The Morgan fingerprint density at radius 2 is 2.10 bits per heavy atom. The van der Waals surface area contributed by atoms with Crippen molar-refractivity contribution < 1.29 is 19.4 Å². The minimum Gasteiger partial charge on any atom is -0.481 e. The summed E-state index contributed by atoms with van der Waals surface area (Å²) in [6, 6.07) is 1.79. The number of aliphatic carboxylic acids is 1. The van der Waals surface area contributed by atoms with Crippen LogP contribution >= 0.6 is 0 Å². The Bertz CT molecular complexity index is 374. The molecule has 7 nitrogen and oxygen atoms in total. The lowest BCUT2D eigenvalue weighted by molar-refractivity contribution is -0.137. The summed E-state index contributed by atoms with van der Waals surface area (Å²) in [5.74, 6) is -1.42. The van der Waals surface area contributed by atoms with Crippen LogP contribution in [0.3, 0.4) is 0 Å². The van der Waals surface area contributed by atoms with E-state index < -0.39 is 11.9 Å². The first-order chi connectivity index (χ1) is 9.61. The van der Waals surface area contributed by atoms with Crippen LogP contribution in [-0.4, -0.2) is 43.3 Å². The van der Waals surface area contributed by atoms with E-state index in [1.165, 1.54) is 6.20 Å². The maximum atomic E-state index is 11.6. The number of carbonyl (C=O) groups is 2. The van der Waals surface area contributed by atoms with Gasteiger partial charge in [-0.15, -0.1) is 0 Å². The quantitative estimate of drug-likeness (QED) is 0.287. The Balaban J connectivity index is 3.89. The highest BCUT2D eigenvalue weighted by Crippen LogP contribution is 1.92. The molecule has 1 amide bonds. The maximum absolute atomic E-state index is 11.6. The third-order valence-corrected chi connectivity index (χ3v) is 2.28. The fraction of sp³-hybridized carbons (Fsp3) is 0.615. The summed E-state index contributed by atoms with van der Waals surface area (Å²) < 4.78 is 5.15. The largest absolute Gasteiger partial charge is 0.481 e. The summed E-state index contributed by atoms with van der Waals surface area (Å²) in [7, 11) is 0. The molecule has 7 heteroatoms. The van der Waals surface area contributed by atoms with Gasteiger partial charge in [-0.2, -0.15) is 5.26 Å². The van der Waals surface area contributed by atoms with Crippen molar-refractivity contribution in [3.8, 4) is 6.07 Å². The molecular formula is C13H21N3O4. The molecule has 112 valence electrons. The number of carboxylic acids is 1. The number of nitrogens with one attached hydrogen (secondary N) is 2. The van der Waals surface area contributed by atoms with E-state index in [2.05, 4.69) is 10.6 Å². The highest BCUT2D eigenvalue weighted by atomic mass is 16.5. The van der Waals surface area contributed by atoms with Gasteiger partial charge in [-0.3, -0.25) is 9.59 Å². The molecule has 20 heavy (non-hydrogen) atoms. The molecule has 0 rings (SSSR count). The number of rotatable bonds is 11. The van der Waals surface area contributed by atoms with Crippen molar-refractivity contribution in [3.63, 3.8) is 0 Å². The van der Waals surface area contributed by atoms with Gasteiger partial charge >= 0.3 is 5.97 Å². The van der Waals surface area contributed by atoms with Gasteiger partial charge in [0.05, 0.1) is 0 Å². The van der Waals surface area contributed by atoms with Crippen molar-refractivity contribution in [3.05, 3.63) is 11.8 Å². The minimum atomic E-state index is -0.911. The molecule has 0 saturated heterocycles. The third kappa shape index (κ3) is 9.91. The average molecular weight is 283 g/mol. The van der Waals surface area contributed by atoms with Crippen molar-refractivity contribution in [1.82, 2.24) is 10.6 Å². The van der Waals surface area contributed by atoms with E-state index in [9.17, 15) is 9.59 Å². The highest BCUT2D eigenvalue weighted by molar-refractivity contribution is 5.97. The number of carboxylic acid groups (broad SMARTS) is 1. The van der Waals surface area contributed by atoms with E-state index in [1.54, 1.807) is 6.07 Å². The molecule has 0 spiro atoms. The van der Waals surface area contributed by atoms with Gasteiger partial charge in [0.25, 0.3) is 5.91 Å². The molecule has 0 unspecified atom stereocenters. The van der Waals surface area contributed by atoms with Crippen LogP contribution in [0.4, 0.5) is 0 Å². The summed E-state index contributed by atoms with van der Waals surface area (Å²) in [4.78, 5) is 21.9. The lowest BCUT2D eigenvalue weighted by atomic mass is 10.2. The monoisotopic (exact) mass is 283 g/mol. The fourth-order valence-electron chi connectivity index (χ4n) is 1.28. The van der Waals surface area contributed by atoms with Crippen molar-refractivity contribution in [2.75, 3.05) is 26.3 Å². The second-order valence-electron chi connectivity index (χ2n) is 3.93. The Kier molecular flexibility index (Phi) is 10.7. The first kappa shape index (κ1) is 17.9. The summed E-state index contributed by atoms with van der Waals surface area (Å²) in [6.45, 7) is 4.04. The zero-order chi connectivity index (χ0) is 15.2. The number of carbonyl (C=O) groups excluding carboxylic acids is 1. The first-order valence-corrected chi connectivity index (χ1v) is 6.53. The normalized spacial score (nSPS) is 10.7. The molecule has 0 saturated carbocycles. The van der Waals surface area contributed by atoms with Gasteiger partial charge in [-0.25, -0.2) is 0 Å². The predicted octanol–water partition coefficient (Wildman–Crippen LogP) is 0.391. The Morgan fingerprint density at radius 3 is 2.70 bits per heavy atom. The van der Waals surface area contributed by atoms with Crippen LogP contribution < -0.4 is 10.6 Å². The molecule has 0 heterocycles. The molecule has 3 N–H and O–H groups in total. The van der Waals surface area contributed by atoms with E-state index in [4.69, 9.17) is 15.1 Å². The second kappa shape index (κ2) is 12.0. The second-order valence-corrected chi connectivity index (χ2v) is 3.93. The van der Waals surface area contributed by atoms with Crippen molar-refractivity contribution in [1.29, 1.82) is 5.26 Å². The number of amides is 1. The van der Waals surface area contributed by atoms with Crippen LogP contribution in [-0.2, 0) is 14.3 Å². The smallest absolute Gasteiger partial charge is 0.303 e. The van der Waals surface area contributed by atoms with Gasteiger partial charge in [0.15, 0.2) is 0 Å². The molecule has 0 bridgehead atoms. The zero-order valence-corrected chi connectivity index (χ0v) is 11.6. The van der Waals surface area contributed by atoms with E-state index in [0.717, 1.165) is 6.42 Å². The molecule has 0 aromatic carbocycles. The van der Waals surface area contributed by atoms with Gasteiger partial charge in [-0.05, 0) is 19.8 Å². The SMILES string of the molecule is CCOCCCN/C=C(/C#N)C(=O)NCCCC(=O)O. The summed E-state index contributed by atoms with van der Waals surface area (Å²) in [5.41, 5.74) is -0.0308. The Morgan fingerprint density at radius 1 is 1.35 bits per heavy atom. The zero-order valence-electron chi connectivity index (χ0n) is 11.6. The summed E-state index contributed by atoms with van der Waals surface area (Å²) in [5, 5.41) is 22.6. The van der Waals surface area contributed by atoms with Gasteiger partial charge < -0.3 is 20.5 Å². The third-order valence-electron chi connectivity index (χ3n) is 2.28. The Labute approximate surface area is 118 Å². The number of ether oxygens (including phenoxy) is 1. The standard InChI is InChI=1S/C13H21N3O4/c1-2-20-8-4-6-15-10-11(9-14)13(19)16-7-3-5-12(17)18/h10,15H,2-8H2,1H3,(H,16,19)(H,17,18)/b11-10-. The van der Waals surface area contributed by atoms with Crippen molar-refractivity contribution >= 4 is 11.9 Å². The van der Waals surface area contributed by atoms with Crippen molar-refractivity contribution in [2.45, 2.75) is 26.2 Å². The van der Waals surface area contributed by atoms with E-state index in [0.29, 0.717) is 26.2 Å². The average Bonchev–Trinajstić information content (AvgIpc) is 2.42. The van der Waals surface area contributed by atoms with Gasteiger partial charge in [0.1, 0.15) is 11.6 Å². The van der Waals surface area contributed by atoms with Crippen LogP contribution in [0.2, 0.25) is 0 Å². The number of hydrogen-bond donors (Lipinski definition) is 3. The molecule has 0 aromatic rings. The Hall–Kier alpha value is -2.07. The van der Waals surface area contributed by atoms with Crippen LogP contribution in [0.25, 0.3) is 0 Å². The number of nitrogens with zero attached hydrogens (tertiary/aromatic N) is 1. The van der Waals surface area contributed by atoms with Crippen LogP contribution in [0, 0.1) is 11.3 Å². The van der Waals surface area contributed by atoms with Gasteiger partial charge in [0.2, 0.25) is 0 Å². The lowest BCUT2D eigenvalue weighted by Gasteiger charge is -2.04. The molecule has 0 radical (unpaired) electrons. The van der Waals surface area contributed by atoms with Crippen LogP contribution in [0.5, 0.6) is 0 Å². The predicted molar refractivity (Wildman–Crippen MR) is 72.7 cm³/mol. The first-order valence-electron chi connectivity index (χ1n) is 6.53. The van der Waals surface area contributed by atoms with Crippen LogP contribution in [0.1, 0.15) is 26.2 Å². The molecule has 0 aliphatic heterocycles. The number of nitriles is 1. The van der Waals surface area contributed by atoms with E-state index in [1.807, 2.05) is 6.92 Å². The topological polar surface area (TPSA) is 111 Å². The molecular weight excluding hydrogens is 262 g/mol. The van der Waals surface area contributed by atoms with Crippen molar-refractivity contribution in [2.24, 2.45) is 0 Å². The lowest BCUT2D eigenvalue weighted by Crippen LogP contribution is -2.27. The molecule has 0 aromatic heterocycles. The van der Waals surface area contributed by atoms with Gasteiger partial charge in [-0.1, -0.05) is 0 Å². The maximum Gasteiger partial charge on any atom is 0.303 e. The van der Waals surface area contributed by atoms with E-state index >= 15 is 0 Å². The molecule has 0 fully saturated rings. The minimum absolute atomic E-state index is 0.0123. The highest BCUT2D eigenvalue weighted by Gasteiger charge is 2.07. The summed E-state index contributed by atoms with van der Waals surface area (Å²) in [6.07, 6.45) is 2.46. The molecule has 0 atom stereocenters. The fourth-order valence-corrected chi connectivity index (χ4v) is 1.28. The molecule has 0 aliphatic rings. The molecule has 0 aliphatic carbocycles.